The van der Waals surface area contributed by atoms with Crippen molar-refractivity contribution in [1.29, 1.82) is 0 Å². The van der Waals surface area contributed by atoms with Crippen molar-refractivity contribution in [3.8, 4) is 11.5 Å². The molecule has 0 unspecified atom stereocenters. The van der Waals surface area contributed by atoms with E-state index in [-0.39, 0.29) is 0 Å². The van der Waals surface area contributed by atoms with E-state index in [4.69, 9.17) is 4.42 Å². The first-order chi connectivity index (χ1) is 12.7. The second-order valence-electron chi connectivity index (χ2n) is 7.47. The highest BCUT2D eigenvalue weighted by Gasteiger charge is 2.36. The van der Waals surface area contributed by atoms with Crippen molar-refractivity contribution in [3.63, 3.8) is 0 Å². The van der Waals surface area contributed by atoms with Crippen LogP contribution in [-0.4, -0.2) is 19.7 Å². The molecule has 0 atom stereocenters. The molecule has 134 valence electrons. The van der Waals surface area contributed by atoms with Gasteiger partial charge in [0.15, 0.2) is 5.16 Å². The van der Waals surface area contributed by atoms with E-state index < -0.39 is 0 Å². The second kappa shape index (κ2) is 6.27. The van der Waals surface area contributed by atoms with Gasteiger partial charge in [0.2, 0.25) is 5.89 Å². The van der Waals surface area contributed by atoms with E-state index in [2.05, 4.69) is 51.8 Å². The molecule has 2 aliphatic rings. The summed E-state index contributed by atoms with van der Waals surface area (Å²) in [6.45, 7) is 4.19. The van der Waals surface area contributed by atoms with Crippen LogP contribution in [0, 0.1) is 13.8 Å². The minimum absolute atomic E-state index is 0.617. The maximum atomic E-state index is 5.74. The number of hydrogen-bond acceptors (Lipinski definition) is 5. The Morgan fingerprint density at radius 3 is 2.73 bits per heavy atom. The zero-order valence-corrected chi connectivity index (χ0v) is 15.9. The van der Waals surface area contributed by atoms with Crippen molar-refractivity contribution in [2.75, 3.05) is 0 Å². The van der Waals surface area contributed by atoms with Gasteiger partial charge in [-0.3, -0.25) is 0 Å². The summed E-state index contributed by atoms with van der Waals surface area (Å²) in [4.78, 5) is 4.69. The number of aryl methyl sites for hydroxylation is 2. The normalized spacial score (nSPS) is 17.0. The fourth-order valence-electron chi connectivity index (χ4n) is 3.37. The molecule has 5 nitrogen and oxygen atoms in total. The lowest BCUT2D eigenvalue weighted by molar-refractivity contribution is 0.573. The summed E-state index contributed by atoms with van der Waals surface area (Å²) in [5.41, 5.74) is 4.44. The molecule has 3 aromatic rings. The Morgan fingerprint density at radius 1 is 1.15 bits per heavy atom. The lowest BCUT2D eigenvalue weighted by Crippen LogP contribution is -2.02. The molecule has 0 N–H and O–H groups in total. The third-order valence-corrected chi connectivity index (χ3v) is 6.04. The topological polar surface area (TPSA) is 56.7 Å². The smallest absolute Gasteiger partial charge is 0.226 e. The first kappa shape index (κ1) is 16.1. The standard InChI is InChI=1S/C20H22N4OS/c1-12-3-8-17(13(2)9-12)19-21-15(10-25-19)11-26-20-23-22-18(14-4-5-14)24(20)16-6-7-16/h3,8-10,14,16H,4-7,11H2,1-2H3. The lowest BCUT2D eigenvalue weighted by Gasteiger charge is -2.07. The summed E-state index contributed by atoms with van der Waals surface area (Å²) in [6.07, 6.45) is 6.80. The molecule has 5 rings (SSSR count). The summed E-state index contributed by atoms with van der Waals surface area (Å²) >= 11 is 1.72. The largest absolute Gasteiger partial charge is 0.444 e. The summed E-state index contributed by atoms with van der Waals surface area (Å²) in [6, 6.07) is 6.95. The molecule has 0 aliphatic heterocycles. The van der Waals surface area contributed by atoms with E-state index in [0.717, 1.165) is 22.2 Å². The highest BCUT2D eigenvalue weighted by atomic mass is 32.2. The van der Waals surface area contributed by atoms with Crippen molar-refractivity contribution in [2.45, 2.75) is 62.4 Å². The molecule has 0 amide bonds. The van der Waals surface area contributed by atoms with Crippen LogP contribution in [0.2, 0.25) is 0 Å². The number of rotatable bonds is 6. The second-order valence-corrected chi connectivity index (χ2v) is 8.41. The van der Waals surface area contributed by atoms with Crippen LogP contribution < -0.4 is 0 Å². The monoisotopic (exact) mass is 366 g/mol. The number of nitrogens with zero attached hydrogens (tertiary/aromatic N) is 4. The molecule has 1 aromatic carbocycles. The van der Waals surface area contributed by atoms with Crippen molar-refractivity contribution < 1.29 is 4.42 Å². The number of oxazole rings is 1. The Morgan fingerprint density at radius 2 is 2.00 bits per heavy atom. The first-order valence-corrected chi connectivity index (χ1v) is 10.3. The maximum Gasteiger partial charge on any atom is 0.226 e. The van der Waals surface area contributed by atoms with Crippen LogP contribution in [0.4, 0.5) is 0 Å². The Labute approximate surface area is 157 Å². The van der Waals surface area contributed by atoms with Crippen LogP contribution in [0.5, 0.6) is 0 Å². The molecule has 26 heavy (non-hydrogen) atoms. The van der Waals surface area contributed by atoms with Crippen LogP contribution in [0.3, 0.4) is 0 Å². The summed E-state index contributed by atoms with van der Waals surface area (Å²) in [7, 11) is 0. The SMILES string of the molecule is Cc1ccc(-c2nc(CSc3nnc(C4CC4)n3C3CC3)co2)c(C)c1. The van der Waals surface area contributed by atoms with Crippen LogP contribution in [0.1, 0.15) is 60.3 Å². The van der Waals surface area contributed by atoms with Crippen molar-refractivity contribution >= 4 is 11.8 Å². The minimum Gasteiger partial charge on any atom is -0.444 e. The van der Waals surface area contributed by atoms with Crippen LogP contribution in [-0.2, 0) is 5.75 Å². The Bertz CT molecular complexity index is 953. The molecular formula is C20H22N4OS. The van der Waals surface area contributed by atoms with Crippen LogP contribution >= 0.6 is 11.8 Å². The Balaban J connectivity index is 1.33. The summed E-state index contributed by atoms with van der Waals surface area (Å²) in [5, 5.41) is 9.97. The molecule has 0 saturated heterocycles. The van der Waals surface area contributed by atoms with Crippen molar-refractivity contribution in [1.82, 2.24) is 19.7 Å². The van der Waals surface area contributed by atoms with Gasteiger partial charge in [-0.25, -0.2) is 4.98 Å². The van der Waals surface area contributed by atoms with Gasteiger partial charge in [-0.05, 0) is 51.2 Å². The van der Waals surface area contributed by atoms with Gasteiger partial charge in [-0.2, -0.15) is 0 Å². The maximum absolute atomic E-state index is 5.74. The summed E-state index contributed by atoms with van der Waals surface area (Å²) < 4.78 is 8.12. The van der Waals surface area contributed by atoms with Gasteiger partial charge in [0.25, 0.3) is 0 Å². The van der Waals surface area contributed by atoms with E-state index in [1.165, 1.54) is 42.6 Å². The fourth-order valence-corrected chi connectivity index (χ4v) is 4.26. The number of aromatic nitrogens is 4. The molecule has 2 aliphatic carbocycles. The first-order valence-electron chi connectivity index (χ1n) is 9.28. The molecule has 0 spiro atoms. The molecule has 6 heteroatoms. The highest BCUT2D eigenvalue weighted by Crippen LogP contribution is 2.46. The van der Waals surface area contributed by atoms with E-state index >= 15 is 0 Å². The van der Waals surface area contributed by atoms with Crippen molar-refractivity contribution in [3.05, 3.63) is 47.1 Å². The average molecular weight is 366 g/mol. The zero-order valence-electron chi connectivity index (χ0n) is 15.1. The fraction of sp³-hybridized carbons (Fsp3) is 0.450. The number of hydrogen-bond donors (Lipinski definition) is 0. The van der Waals surface area contributed by atoms with Gasteiger partial charge >= 0.3 is 0 Å². The Hall–Kier alpha value is -2.08. The van der Waals surface area contributed by atoms with Gasteiger partial charge < -0.3 is 8.98 Å². The third-order valence-electron chi connectivity index (χ3n) is 5.06. The van der Waals surface area contributed by atoms with Gasteiger partial charge in [0.1, 0.15) is 12.1 Å². The van der Waals surface area contributed by atoms with Crippen LogP contribution in [0.15, 0.2) is 34.0 Å². The van der Waals surface area contributed by atoms with E-state index in [1.807, 2.05) is 0 Å². The predicted molar refractivity (Wildman–Crippen MR) is 101 cm³/mol. The molecule has 0 radical (unpaired) electrons. The molecular weight excluding hydrogens is 344 g/mol. The quantitative estimate of drug-likeness (QED) is 0.571. The molecule has 0 bridgehead atoms. The minimum atomic E-state index is 0.617. The lowest BCUT2D eigenvalue weighted by atomic mass is 10.1. The van der Waals surface area contributed by atoms with Gasteiger partial charge in [-0.15, -0.1) is 10.2 Å². The summed E-state index contributed by atoms with van der Waals surface area (Å²) in [5.74, 6) is 3.29. The third kappa shape index (κ3) is 3.07. The molecule has 2 saturated carbocycles. The van der Waals surface area contributed by atoms with Crippen LogP contribution in [0.25, 0.3) is 11.5 Å². The predicted octanol–water partition coefficient (Wildman–Crippen LogP) is 5.05. The molecule has 2 heterocycles. The number of thioether (sulfide) groups is 1. The molecule has 2 fully saturated rings. The number of benzene rings is 1. The van der Waals surface area contributed by atoms with E-state index in [9.17, 15) is 0 Å². The average Bonchev–Trinajstić information content (AvgIpc) is 3.55. The Kier molecular flexibility index (Phi) is 3.89. The molecule has 2 aromatic heterocycles. The van der Waals surface area contributed by atoms with Gasteiger partial charge in [0, 0.05) is 23.3 Å². The van der Waals surface area contributed by atoms with E-state index in [0.29, 0.717) is 17.9 Å². The van der Waals surface area contributed by atoms with Crippen molar-refractivity contribution in [2.24, 2.45) is 0 Å². The van der Waals surface area contributed by atoms with Gasteiger partial charge in [-0.1, -0.05) is 29.5 Å². The zero-order chi connectivity index (χ0) is 17.7. The van der Waals surface area contributed by atoms with E-state index in [1.54, 1.807) is 18.0 Å². The van der Waals surface area contributed by atoms with Gasteiger partial charge in [0.05, 0.1) is 5.69 Å². The highest BCUT2D eigenvalue weighted by molar-refractivity contribution is 7.98.